The summed E-state index contributed by atoms with van der Waals surface area (Å²) in [6, 6.07) is 5.33. The number of hydrogen-bond acceptors (Lipinski definition) is 6. The third-order valence-corrected chi connectivity index (χ3v) is 4.94. The van der Waals surface area contributed by atoms with E-state index >= 15 is 0 Å². The number of aromatic nitrogens is 2. The number of methoxy groups -OCH3 is 1. The van der Waals surface area contributed by atoms with E-state index in [9.17, 15) is 4.79 Å². The van der Waals surface area contributed by atoms with Crippen molar-refractivity contribution in [2.75, 3.05) is 25.1 Å². The highest BCUT2D eigenvalue weighted by Crippen LogP contribution is 2.37. The van der Waals surface area contributed by atoms with Crippen LogP contribution in [-0.4, -0.2) is 36.4 Å². The Kier molecular flexibility index (Phi) is 3.84. The zero-order chi connectivity index (χ0) is 17.4. The zero-order valence-electron chi connectivity index (χ0n) is 14.1. The number of amides is 2. The van der Waals surface area contributed by atoms with Crippen LogP contribution in [0.25, 0.3) is 11.5 Å². The van der Waals surface area contributed by atoms with Gasteiger partial charge in [-0.2, -0.15) is 4.98 Å². The highest BCUT2D eigenvalue weighted by Gasteiger charge is 2.36. The largest absolute Gasteiger partial charge is 0.495 e. The van der Waals surface area contributed by atoms with Crippen molar-refractivity contribution in [3.8, 4) is 17.2 Å². The average molecular weight is 343 g/mol. The van der Waals surface area contributed by atoms with E-state index in [1.807, 2.05) is 12.1 Å². The van der Waals surface area contributed by atoms with Crippen molar-refractivity contribution in [1.82, 2.24) is 15.5 Å². The maximum atomic E-state index is 12.0. The van der Waals surface area contributed by atoms with E-state index in [2.05, 4.69) is 15.5 Å². The lowest BCUT2D eigenvalue weighted by molar-refractivity contribution is 0.252. The quantitative estimate of drug-likeness (QED) is 0.879. The Morgan fingerprint density at radius 1 is 1.36 bits per heavy atom. The Morgan fingerprint density at radius 2 is 2.16 bits per heavy atom. The molecule has 1 saturated heterocycles. The fraction of sp³-hybridized carbons (Fsp3) is 0.471. The second kappa shape index (κ2) is 6.03. The van der Waals surface area contributed by atoms with Gasteiger partial charge in [0.15, 0.2) is 5.82 Å². The van der Waals surface area contributed by atoms with Gasteiger partial charge in [-0.05, 0) is 31.0 Å². The molecule has 1 aromatic carbocycles. The van der Waals surface area contributed by atoms with Crippen LogP contribution in [-0.2, 0) is 5.54 Å². The van der Waals surface area contributed by atoms with E-state index in [0.717, 1.165) is 31.2 Å². The van der Waals surface area contributed by atoms with Gasteiger partial charge in [-0.15, -0.1) is 0 Å². The van der Waals surface area contributed by atoms with Crippen LogP contribution in [0, 0.1) is 0 Å². The number of nitrogens with one attached hydrogen (secondary N) is 1. The van der Waals surface area contributed by atoms with Crippen LogP contribution in [0.3, 0.4) is 0 Å². The number of benzene rings is 1. The number of anilines is 1. The van der Waals surface area contributed by atoms with Crippen molar-refractivity contribution < 1.29 is 14.1 Å². The maximum Gasteiger partial charge on any atom is 0.322 e. The molecular weight excluding hydrogens is 322 g/mol. The Morgan fingerprint density at radius 3 is 2.84 bits per heavy atom. The molecule has 8 heteroatoms. The molecule has 2 amide bonds. The first-order chi connectivity index (χ1) is 12.1. The van der Waals surface area contributed by atoms with E-state index in [-0.39, 0.29) is 6.03 Å². The van der Waals surface area contributed by atoms with Crippen molar-refractivity contribution in [2.45, 2.75) is 31.2 Å². The van der Waals surface area contributed by atoms with Gasteiger partial charge in [-0.25, -0.2) is 4.79 Å². The van der Waals surface area contributed by atoms with Gasteiger partial charge in [-0.1, -0.05) is 18.0 Å². The van der Waals surface area contributed by atoms with Crippen molar-refractivity contribution >= 4 is 11.7 Å². The van der Waals surface area contributed by atoms with Gasteiger partial charge in [0.2, 0.25) is 0 Å². The molecule has 0 radical (unpaired) electrons. The minimum atomic E-state index is -0.494. The average Bonchev–Trinajstić information content (AvgIpc) is 3.35. The molecule has 4 rings (SSSR count). The summed E-state index contributed by atoms with van der Waals surface area (Å²) in [6.07, 6.45) is 3.90. The van der Waals surface area contributed by atoms with Crippen LogP contribution >= 0.6 is 0 Å². The van der Waals surface area contributed by atoms with Crippen LogP contribution in [0.15, 0.2) is 22.7 Å². The molecule has 25 heavy (non-hydrogen) atoms. The number of carbonyl (C=O) groups is 1. The maximum absolute atomic E-state index is 12.0. The smallest absolute Gasteiger partial charge is 0.322 e. The van der Waals surface area contributed by atoms with Gasteiger partial charge in [0.1, 0.15) is 5.75 Å². The molecule has 1 aromatic heterocycles. The van der Waals surface area contributed by atoms with Crippen molar-refractivity contribution in [2.24, 2.45) is 5.73 Å². The molecular formula is C17H21N5O3. The van der Waals surface area contributed by atoms with Crippen LogP contribution < -0.4 is 20.7 Å². The fourth-order valence-electron chi connectivity index (χ4n) is 3.51. The molecule has 3 N–H and O–H groups in total. The summed E-state index contributed by atoms with van der Waals surface area (Å²) in [6.45, 7) is 1.19. The molecule has 1 aliphatic heterocycles. The standard InChI is InChI=1S/C17H21N5O3/c1-24-13-5-4-11(10-12(13)22-9-8-19-16(22)23)14-20-15(21-25-14)17(18)6-2-3-7-17/h4-5,10H,2-3,6-9,18H2,1H3,(H,19,23). The first-order valence-electron chi connectivity index (χ1n) is 8.47. The van der Waals surface area contributed by atoms with E-state index < -0.39 is 5.54 Å². The number of urea groups is 1. The highest BCUT2D eigenvalue weighted by atomic mass is 16.5. The number of rotatable bonds is 4. The number of nitrogens with zero attached hydrogens (tertiary/aromatic N) is 3. The van der Waals surface area contributed by atoms with Gasteiger partial charge >= 0.3 is 6.03 Å². The lowest BCUT2D eigenvalue weighted by Crippen LogP contribution is -2.34. The minimum Gasteiger partial charge on any atom is -0.495 e. The van der Waals surface area contributed by atoms with Crippen molar-refractivity contribution in [3.05, 3.63) is 24.0 Å². The molecule has 2 fully saturated rings. The second-order valence-electron chi connectivity index (χ2n) is 6.56. The lowest BCUT2D eigenvalue weighted by atomic mass is 9.99. The van der Waals surface area contributed by atoms with E-state index in [1.54, 1.807) is 18.1 Å². The topological polar surface area (TPSA) is 107 Å². The number of hydrogen-bond donors (Lipinski definition) is 2. The molecule has 8 nitrogen and oxygen atoms in total. The summed E-state index contributed by atoms with van der Waals surface area (Å²) in [5.41, 5.74) is 7.32. The third kappa shape index (κ3) is 2.72. The normalized spacial score (nSPS) is 19.3. The van der Waals surface area contributed by atoms with Crippen molar-refractivity contribution in [1.29, 1.82) is 0 Å². The van der Waals surface area contributed by atoms with Crippen LogP contribution in [0.4, 0.5) is 10.5 Å². The first-order valence-corrected chi connectivity index (χ1v) is 8.47. The summed E-state index contributed by atoms with van der Waals surface area (Å²) in [5.74, 6) is 1.57. The van der Waals surface area contributed by atoms with Gasteiger partial charge in [0, 0.05) is 18.7 Å². The van der Waals surface area contributed by atoms with Crippen LogP contribution in [0.5, 0.6) is 5.75 Å². The molecule has 0 bridgehead atoms. The Labute approximate surface area is 145 Å². The third-order valence-electron chi connectivity index (χ3n) is 4.94. The molecule has 2 aliphatic rings. The SMILES string of the molecule is COc1ccc(-c2nc(C3(N)CCCC3)no2)cc1N1CCNC1=O. The number of ether oxygens (including phenoxy) is 1. The molecule has 0 spiro atoms. The molecule has 2 heterocycles. The van der Waals surface area contributed by atoms with Gasteiger partial charge < -0.3 is 20.3 Å². The van der Waals surface area contributed by atoms with Gasteiger partial charge in [-0.3, -0.25) is 4.90 Å². The van der Waals surface area contributed by atoms with Crippen molar-refractivity contribution in [3.63, 3.8) is 0 Å². The predicted octanol–water partition coefficient (Wildman–Crippen LogP) is 2.00. The highest BCUT2D eigenvalue weighted by molar-refractivity contribution is 5.96. The Bertz CT molecular complexity index is 797. The Balaban J connectivity index is 1.69. The molecule has 0 unspecified atom stereocenters. The van der Waals surface area contributed by atoms with E-state index in [1.165, 1.54) is 0 Å². The monoisotopic (exact) mass is 343 g/mol. The van der Waals surface area contributed by atoms with E-state index in [0.29, 0.717) is 36.2 Å². The van der Waals surface area contributed by atoms with Gasteiger partial charge in [0.25, 0.3) is 5.89 Å². The molecule has 132 valence electrons. The summed E-state index contributed by atoms with van der Waals surface area (Å²) in [5, 5.41) is 6.88. The lowest BCUT2D eigenvalue weighted by Gasteiger charge is -2.18. The first kappa shape index (κ1) is 15.9. The summed E-state index contributed by atoms with van der Waals surface area (Å²) < 4.78 is 10.8. The fourth-order valence-corrected chi connectivity index (χ4v) is 3.51. The summed E-state index contributed by atoms with van der Waals surface area (Å²) >= 11 is 0. The number of carbonyl (C=O) groups excluding carboxylic acids is 1. The Hall–Kier alpha value is -2.61. The molecule has 1 saturated carbocycles. The molecule has 0 atom stereocenters. The molecule has 2 aromatic rings. The minimum absolute atomic E-state index is 0.145. The van der Waals surface area contributed by atoms with Gasteiger partial charge in [0.05, 0.1) is 18.3 Å². The van der Waals surface area contributed by atoms with Crippen LogP contribution in [0.1, 0.15) is 31.5 Å². The predicted molar refractivity (Wildman–Crippen MR) is 91.4 cm³/mol. The zero-order valence-corrected chi connectivity index (χ0v) is 14.1. The van der Waals surface area contributed by atoms with Crippen LogP contribution in [0.2, 0.25) is 0 Å². The second-order valence-corrected chi connectivity index (χ2v) is 6.56. The summed E-state index contributed by atoms with van der Waals surface area (Å²) in [4.78, 5) is 18.2. The number of nitrogens with two attached hydrogens (primary N) is 1. The molecule has 1 aliphatic carbocycles. The van der Waals surface area contributed by atoms with E-state index in [4.69, 9.17) is 15.0 Å². The summed E-state index contributed by atoms with van der Waals surface area (Å²) in [7, 11) is 1.58.